The van der Waals surface area contributed by atoms with Gasteiger partial charge in [-0.15, -0.1) is 0 Å². The van der Waals surface area contributed by atoms with Gasteiger partial charge in [0.15, 0.2) is 0 Å². The summed E-state index contributed by atoms with van der Waals surface area (Å²) in [6, 6.07) is 11.9. The zero-order valence-corrected chi connectivity index (χ0v) is 15.0. The van der Waals surface area contributed by atoms with Crippen molar-refractivity contribution in [2.75, 3.05) is 29.6 Å². The average molecular weight is 338 g/mol. The number of nitrogens with zero attached hydrogens (tertiary/aromatic N) is 2. The number of carbonyl (C=O) groups is 1. The Kier molecular flexibility index (Phi) is 5.53. The van der Waals surface area contributed by atoms with Crippen molar-refractivity contribution in [3.05, 3.63) is 42.6 Å². The van der Waals surface area contributed by atoms with Crippen LogP contribution in [0.25, 0.3) is 0 Å². The van der Waals surface area contributed by atoms with E-state index >= 15 is 0 Å². The van der Waals surface area contributed by atoms with E-state index < -0.39 is 0 Å². The quantitative estimate of drug-likeness (QED) is 0.848. The van der Waals surface area contributed by atoms with Crippen molar-refractivity contribution >= 4 is 28.8 Å². The summed E-state index contributed by atoms with van der Waals surface area (Å²) in [5, 5.41) is 6.26. The number of carbonyl (C=O) groups excluding carboxylic acids is 1. The molecule has 25 heavy (non-hydrogen) atoms. The number of pyridine rings is 1. The highest BCUT2D eigenvalue weighted by molar-refractivity contribution is 5.92. The molecule has 1 aromatic heterocycles. The lowest BCUT2D eigenvalue weighted by Gasteiger charge is -2.20. The van der Waals surface area contributed by atoms with E-state index in [1.165, 1.54) is 6.42 Å². The number of nitrogens with one attached hydrogen (secondary N) is 2. The van der Waals surface area contributed by atoms with E-state index in [-0.39, 0.29) is 11.8 Å². The van der Waals surface area contributed by atoms with Crippen LogP contribution in [0, 0.1) is 5.92 Å². The second-order valence-corrected chi connectivity index (χ2v) is 6.82. The topological polar surface area (TPSA) is 57.3 Å². The summed E-state index contributed by atoms with van der Waals surface area (Å²) in [5.41, 5.74) is 2.89. The van der Waals surface area contributed by atoms with E-state index in [0.29, 0.717) is 0 Å². The molecule has 0 atom stereocenters. The van der Waals surface area contributed by atoms with Gasteiger partial charge in [0.05, 0.1) is 11.9 Å². The van der Waals surface area contributed by atoms with Crippen LogP contribution in [0.1, 0.15) is 32.1 Å². The minimum Gasteiger partial charge on any atom is -0.378 e. The molecule has 0 bridgehead atoms. The van der Waals surface area contributed by atoms with Crippen molar-refractivity contribution in [3.8, 4) is 0 Å². The predicted molar refractivity (Wildman–Crippen MR) is 103 cm³/mol. The number of anilines is 4. The molecule has 1 aromatic carbocycles. The molecule has 0 unspecified atom stereocenters. The fraction of sp³-hybridized carbons (Fsp3) is 0.400. The zero-order valence-electron chi connectivity index (χ0n) is 15.0. The maximum absolute atomic E-state index is 12.3. The fourth-order valence-corrected chi connectivity index (χ4v) is 3.14. The van der Waals surface area contributed by atoms with Crippen LogP contribution in [-0.2, 0) is 4.79 Å². The van der Waals surface area contributed by atoms with Gasteiger partial charge in [0, 0.05) is 31.4 Å². The zero-order chi connectivity index (χ0) is 17.6. The molecule has 0 saturated heterocycles. The van der Waals surface area contributed by atoms with Gasteiger partial charge in [-0.1, -0.05) is 19.3 Å². The van der Waals surface area contributed by atoms with Gasteiger partial charge < -0.3 is 15.5 Å². The maximum Gasteiger partial charge on any atom is 0.227 e. The van der Waals surface area contributed by atoms with Gasteiger partial charge in [0.1, 0.15) is 5.82 Å². The molecule has 5 heteroatoms. The summed E-state index contributed by atoms with van der Waals surface area (Å²) in [6.07, 6.45) is 7.28. The first-order valence-corrected chi connectivity index (χ1v) is 8.93. The highest BCUT2D eigenvalue weighted by atomic mass is 16.1. The molecular formula is C20H26N4O. The summed E-state index contributed by atoms with van der Waals surface area (Å²) >= 11 is 0. The molecule has 1 heterocycles. The number of benzene rings is 1. The Bertz CT molecular complexity index is 689. The van der Waals surface area contributed by atoms with Crippen LogP contribution in [0.3, 0.4) is 0 Å². The molecule has 1 aliphatic carbocycles. The predicted octanol–water partition coefficient (Wildman–Crippen LogP) is 4.41. The number of amides is 1. The number of rotatable bonds is 5. The van der Waals surface area contributed by atoms with Crippen LogP contribution in [0.4, 0.5) is 22.9 Å². The molecule has 0 radical (unpaired) electrons. The van der Waals surface area contributed by atoms with E-state index in [1.54, 1.807) is 6.20 Å². The molecular weight excluding hydrogens is 312 g/mol. The smallest absolute Gasteiger partial charge is 0.227 e. The Morgan fingerprint density at radius 2 is 1.68 bits per heavy atom. The lowest BCUT2D eigenvalue weighted by atomic mass is 9.88. The first kappa shape index (κ1) is 17.3. The molecule has 3 rings (SSSR count). The molecule has 2 aromatic rings. The van der Waals surface area contributed by atoms with Gasteiger partial charge in [-0.05, 0) is 49.2 Å². The molecule has 0 aliphatic heterocycles. The van der Waals surface area contributed by atoms with Crippen LogP contribution in [0.15, 0.2) is 42.6 Å². The van der Waals surface area contributed by atoms with Gasteiger partial charge in [0.2, 0.25) is 5.91 Å². The van der Waals surface area contributed by atoms with Gasteiger partial charge >= 0.3 is 0 Å². The standard InChI is InChI=1S/C20H26N4O/c1-24(2)18-11-8-16(9-12-18)22-19-13-10-17(14-21-19)23-20(25)15-6-4-3-5-7-15/h8-15H,3-7H2,1-2H3,(H,21,22)(H,23,25). The van der Waals surface area contributed by atoms with E-state index in [4.69, 9.17) is 0 Å². The lowest BCUT2D eigenvalue weighted by molar-refractivity contribution is -0.120. The largest absolute Gasteiger partial charge is 0.378 e. The Morgan fingerprint density at radius 1 is 1.00 bits per heavy atom. The van der Waals surface area contributed by atoms with Crippen LogP contribution in [0.5, 0.6) is 0 Å². The Labute approximate surface area is 149 Å². The molecule has 1 amide bonds. The number of aromatic nitrogens is 1. The summed E-state index contributed by atoms with van der Waals surface area (Å²) < 4.78 is 0. The number of hydrogen-bond donors (Lipinski definition) is 2. The molecule has 0 spiro atoms. The second-order valence-electron chi connectivity index (χ2n) is 6.82. The van der Waals surface area contributed by atoms with Gasteiger partial charge in [-0.3, -0.25) is 4.79 Å². The first-order valence-electron chi connectivity index (χ1n) is 8.93. The van der Waals surface area contributed by atoms with E-state index in [1.807, 2.05) is 38.4 Å². The normalized spacial score (nSPS) is 14.8. The summed E-state index contributed by atoms with van der Waals surface area (Å²) in [7, 11) is 4.04. The van der Waals surface area contributed by atoms with Gasteiger partial charge in [-0.2, -0.15) is 0 Å². The first-order chi connectivity index (χ1) is 12.1. The number of hydrogen-bond acceptors (Lipinski definition) is 4. The Balaban J connectivity index is 1.57. The third-order valence-corrected chi connectivity index (χ3v) is 4.66. The molecule has 2 N–H and O–H groups in total. The van der Waals surface area contributed by atoms with Gasteiger partial charge in [-0.25, -0.2) is 4.98 Å². The van der Waals surface area contributed by atoms with Crippen molar-refractivity contribution in [2.45, 2.75) is 32.1 Å². The highest BCUT2D eigenvalue weighted by Gasteiger charge is 2.20. The monoisotopic (exact) mass is 338 g/mol. The molecule has 1 fully saturated rings. The average Bonchev–Trinajstić information content (AvgIpc) is 2.64. The summed E-state index contributed by atoms with van der Waals surface area (Å²) in [5.74, 6) is 1.04. The van der Waals surface area contributed by atoms with E-state index in [9.17, 15) is 4.79 Å². The van der Waals surface area contributed by atoms with Crippen LogP contribution in [-0.4, -0.2) is 25.0 Å². The Morgan fingerprint density at radius 3 is 2.28 bits per heavy atom. The molecule has 5 nitrogen and oxygen atoms in total. The maximum atomic E-state index is 12.3. The molecule has 132 valence electrons. The summed E-state index contributed by atoms with van der Waals surface area (Å²) in [6.45, 7) is 0. The minimum absolute atomic E-state index is 0.126. The lowest BCUT2D eigenvalue weighted by Crippen LogP contribution is -2.24. The third kappa shape index (κ3) is 4.72. The SMILES string of the molecule is CN(C)c1ccc(Nc2ccc(NC(=O)C3CCCCC3)cn2)cc1. The summed E-state index contributed by atoms with van der Waals surface area (Å²) in [4.78, 5) is 18.7. The van der Waals surface area contributed by atoms with Crippen molar-refractivity contribution in [3.63, 3.8) is 0 Å². The van der Waals surface area contributed by atoms with Crippen molar-refractivity contribution in [1.82, 2.24) is 4.98 Å². The van der Waals surface area contributed by atoms with Crippen molar-refractivity contribution < 1.29 is 4.79 Å². The third-order valence-electron chi connectivity index (χ3n) is 4.66. The second kappa shape index (κ2) is 8.01. The van der Waals surface area contributed by atoms with Gasteiger partial charge in [0.25, 0.3) is 0 Å². The fourth-order valence-electron chi connectivity index (χ4n) is 3.14. The molecule has 1 saturated carbocycles. The molecule has 1 aliphatic rings. The highest BCUT2D eigenvalue weighted by Crippen LogP contribution is 2.25. The Hall–Kier alpha value is -2.56. The minimum atomic E-state index is 0.126. The van der Waals surface area contributed by atoms with Crippen molar-refractivity contribution in [1.29, 1.82) is 0 Å². The van der Waals surface area contributed by atoms with E-state index in [2.05, 4.69) is 32.7 Å². The van der Waals surface area contributed by atoms with E-state index in [0.717, 1.165) is 48.6 Å². The van der Waals surface area contributed by atoms with Crippen molar-refractivity contribution in [2.24, 2.45) is 5.92 Å². The van der Waals surface area contributed by atoms with Crippen LogP contribution in [0.2, 0.25) is 0 Å². The van der Waals surface area contributed by atoms with Crippen LogP contribution < -0.4 is 15.5 Å². The van der Waals surface area contributed by atoms with Crippen LogP contribution >= 0.6 is 0 Å².